The van der Waals surface area contributed by atoms with Crippen molar-refractivity contribution in [2.24, 2.45) is 5.92 Å². The smallest absolute Gasteiger partial charge is 0.242 e. The van der Waals surface area contributed by atoms with Crippen LogP contribution in [-0.4, -0.2) is 51.9 Å². The molecule has 2 aliphatic rings. The summed E-state index contributed by atoms with van der Waals surface area (Å²) in [7, 11) is 0. The van der Waals surface area contributed by atoms with Crippen molar-refractivity contribution in [3.8, 4) is 16.9 Å². The lowest BCUT2D eigenvalue weighted by molar-refractivity contribution is -0.132. The molecule has 6 rings (SSSR count). The van der Waals surface area contributed by atoms with Crippen LogP contribution in [0, 0.1) is 18.7 Å². The van der Waals surface area contributed by atoms with E-state index in [1.807, 2.05) is 71.1 Å². The molecule has 6 nitrogen and oxygen atoms in total. The van der Waals surface area contributed by atoms with Crippen molar-refractivity contribution in [3.05, 3.63) is 101 Å². The van der Waals surface area contributed by atoms with Gasteiger partial charge in [-0.05, 0) is 61.1 Å². The van der Waals surface area contributed by atoms with Crippen molar-refractivity contribution in [2.75, 3.05) is 30.3 Å². The molecule has 2 aliphatic heterocycles. The number of likely N-dealkylation sites (tertiary alicyclic amines) is 1. The second kappa shape index (κ2) is 11.5. The van der Waals surface area contributed by atoms with Crippen LogP contribution in [0.4, 0.5) is 10.2 Å². The Bertz CT molecular complexity index is 1560. The number of thioether (sulfide) groups is 1. The number of piperidine rings is 1. The van der Waals surface area contributed by atoms with E-state index in [1.54, 1.807) is 17.0 Å². The molecule has 8 heteroatoms. The number of hydrogen-bond donors (Lipinski definition) is 0. The molecule has 0 N–H and O–H groups in total. The Morgan fingerprint density at radius 2 is 1.73 bits per heavy atom. The van der Waals surface area contributed by atoms with Gasteiger partial charge in [-0.3, -0.25) is 14.5 Å². The number of amides is 2. The zero-order valence-electron chi connectivity index (χ0n) is 23.3. The second-order valence-electron chi connectivity index (χ2n) is 11.0. The Labute approximate surface area is 244 Å². The van der Waals surface area contributed by atoms with Gasteiger partial charge in [-0.2, -0.15) is 5.10 Å². The molecule has 0 spiro atoms. The molecule has 2 amide bonds. The zero-order valence-corrected chi connectivity index (χ0v) is 24.1. The summed E-state index contributed by atoms with van der Waals surface area (Å²) in [5.74, 6) is 0.855. The van der Waals surface area contributed by atoms with E-state index in [1.165, 1.54) is 23.9 Å². The van der Waals surface area contributed by atoms with Crippen LogP contribution in [0.25, 0.3) is 16.9 Å². The minimum absolute atomic E-state index is 0.0529. The largest absolute Gasteiger partial charge is 0.341 e. The van der Waals surface area contributed by atoms with Crippen LogP contribution in [-0.2, 0) is 9.59 Å². The lowest BCUT2D eigenvalue weighted by Crippen LogP contribution is -2.46. The molecule has 4 aromatic rings. The van der Waals surface area contributed by atoms with E-state index in [-0.39, 0.29) is 35.2 Å². The summed E-state index contributed by atoms with van der Waals surface area (Å²) in [6.07, 6.45) is 1.93. The predicted molar refractivity (Wildman–Crippen MR) is 162 cm³/mol. The Kier molecular flexibility index (Phi) is 7.67. The molecular weight excluding hydrogens is 535 g/mol. The Balaban J connectivity index is 1.56. The summed E-state index contributed by atoms with van der Waals surface area (Å²) >= 11 is 1.49. The van der Waals surface area contributed by atoms with Gasteiger partial charge in [-0.15, -0.1) is 11.8 Å². The van der Waals surface area contributed by atoms with E-state index >= 15 is 0 Å². The average molecular weight is 569 g/mol. The third-order valence-corrected chi connectivity index (χ3v) is 9.24. The van der Waals surface area contributed by atoms with E-state index in [0.29, 0.717) is 24.8 Å². The fraction of sp³-hybridized carbons (Fsp3) is 0.303. The molecule has 1 aromatic heterocycles. The van der Waals surface area contributed by atoms with Gasteiger partial charge in [0.05, 0.1) is 22.4 Å². The number of benzene rings is 3. The first-order valence-corrected chi connectivity index (χ1v) is 15.1. The molecule has 3 aromatic carbocycles. The fourth-order valence-corrected chi connectivity index (χ4v) is 6.86. The minimum Gasteiger partial charge on any atom is -0.341 e. The molecule has 0 bridgehead atoms. The van der Waals surface area contributed by atoms with E-state index in [2.05, 4.69) is 6.92 Å². The van der Waals surface area contributed by atoms with Crippen molar-refractivity contribution in [1.29, 1.82) is 0 Å². The van der Waals surface area contributed by atoms with E-state index in [9.17, 15) is 14.0 Å². The summed E-state index contributed by atoms with van der Waals surface area (Å²) in [4.78, 5) is 31.1. The quantitative estimate of drug-likeness (QED) is 0.279. The summed E-state index contributed by atoms with van der Waals surface area (Å²) in [5.41, 5.74) is 5.24. The number of anilines is 1. The number of hydrogen-bond acceptors (Lipinski definition) is 4. The van der Waals surface area contributed by atoms with Crippen LogP contribution < -0.4 is 4.90 Å². The number of halogens is 1. The number of carbonyl (C=O) groups excluding carboxylic acids is 2. The Morgan fingerprint density at radius 1 is 1.00 bits per heavy atom. The van der Waals surface area contributed by atoms with Crippen LogP contribution in [0.1, 0.15) is 41.7 Å². The maximum atomic E-state index is 14.0. The van der Waals surface area contributed by atoms with Crippen LogP contribution in [0.15, 0.2) is 78.9 Å². The standard InChI is InChI=1S/C33H33FN4O2S/c1-22-15-17-36(18-16-22)28(39)20-37-29(40)21-41-32(25-11-13-26(34)14-12-25)30-31(24-8-4-3-5-9-24)35-38(33(30)37)27-10-6-7-23(2)19-27/h3-14,19,22,32H,15-18,20-21H2,1-2H3. The van der Waals surface area contributed by atoms with Crippen molar-refractivity contribution in [1.82, 2.24) is 14.7 Å². The van der Waals surface area contributed by atoms with E-state index < -0.39 is 0 Å². The topological polar surface area (TPSA) is 58.4 Å². The minimum atomic E-state index is -0.314. The van der Waals surface area contributed by atoms with Gasteiger partial charge in [0.1, 0.15) is 18.2 Å². The molecule has 3 heterocycles. The first-order chi connectivity index (χ1) is 19.9. The monoisotopic (exact) mass is 568 g/mol. The molecular formula is C33H33FN4O2S. The van der Waals surface area contributed by atoms with Crippen LogP contribution in [0.5, 0.6) is 0 Å². The third-order valence-electron chi connectivity index (χ3n) is 7.98. The Hall–Kier alpha value is -3.91. The summed E-state index contributed by atoms with van der Waals surface area (Å²) in [6, 6.07) is 24.3. The third kappa shape index (κ3) is 5.53. The normalized spacial score (nSPS) is 17.8. The summed E-state index contributed by atoms with van der Waals surface area (Å²) in [5, 5.41) is 4.84. The summed E-state index contributed by atoms with van der Waals surface area (Å²) in [6.45, 7) is 5.58. The van der Waals surface area contributed by atoms with Crippen molar-refractivity contribution in [3.63, 3.8) is 0 Å². The molecule has 0 saturated carbocycles. The van der Waals surface area contributed by atoms with Gasteiger partial charge < -0.3 is 4.90 Å². The van der Waals surface area contributed by atoms with Gasteiger partial charge in [-0.25, -0.2) is 9.07 Å². The lowest BCUT2D eigenvalue weighted by Gasteiger charge is -2.32. The maximum absolute atomic E-state index is 14.0. The van der Waals surface area contributed by atoms with Crippen molar-refractivity contribution >= 4 is 29.4 Å². The average Bonchev–Trinajstić information content (AvgIpc) is 3.31. The SMILES string of the molecule is Cc1cccc(-n2nc(-c3ccccc3)c3c2N(CC(=O)N2CCC(C)CC2)C(=O)CSC3c2ccc(F)cc2)c1. The van der Waals surface area contributed by atoms with Crippen LogP contribution in [0.2, 0.25) is 0 Å². The molecule has 0 radical (unpaired) electrons. The van der Waals surface area contributed by atoms with Crippen LogP contribution >= 0.6 is 11.8 Å². The van der Waals surface area contributed by atoms with E-state index in [0.717, 1.165) is 46.5 Å². The number of aryl methyl sites for hydroxylation is 1. The van der Waals surface area contributed by atoms with Crippen molar-refractivity contribution in [2.45, 2.75) is 31.9 Å². The van der Waals surface area contributed by atoms with Crippen molar-refractivity contribution < 1.29 is 14.0 Å². The molecule has 41 heavy (non-hydrogen) atoms. The number of rotatable bonds is 5. The van der Waals surface area contributed by atoms with Gasteiger partial charge >= 0.3 is 0 Å². The second-order valence-corrected chi connectivity index (χ2v) is 12.1. The highest BCUT2D eigenvalue weighted by molar-refractivity contribution is 8.00. The van der Waals surface area contributed by atoms with Gasteiger partial charge in [0.15, 0.2) is 0 Å². The molecule has 0 aliphatic carbocycles. The first kappa shape index (κ1) is 27.3. The molecule has 210 valence electrons. The highest BCUT2D eigenvalue weighted by Crippen LogP contribution is 2.48. The highest BCUT2D eigenvalue weighted by Gasteiger charge is 2.38. The molecule has 1 fully saturated rings. The molecule has 1 atom stereocenters. The maximum Gasteiger partial charge on any atom is 0.242 e. The number of nitrogens with zero attached hydrogens (tertiary/aromatic N) is 4. The Morgan fingerprint density at radius 3 is 2.44 bits per heavy atom. The first-order valence-electron chi connectivity index (χ1n) is 14.1. The molecule has 1 saturated heterocycles. The number of aromatic nitrogens is 2. The predicted octanol–water partition coefficient (Wildman–Crippen LogP) is 6.41. The number of fused-ring (bicyclic) bond motifs is 1. The van der Waals surface area contributed by atoms with Crippen LogP contribution in [0.3, 0.4) is 0 Å². The number of carbonyl (C=O) groups is 2. The fourth-order valence-electron chi connectivity index (χ4n) is 5.66. The summed E-state index contributed by atoms with van der Waals surface area (Å²) < 4.78 is 15.8. The van der Waals surface area contributed by atoms with E-state index in [4.69, 9.17) is 5.10 Å². The zero-order chi connectivity index (χ0) is 28.5. The van der Waals surface area contributed by atoms with Gasteiger partial charge in [0.2, 0.25) is 11.8 Å². The van der Waals surface area contributed by atoms with Gasteiger partial charge in [0, 0.05) is 24.2 Å². The lowest BCUT2D eigenvalue weighted by atomic mass is 9.99. The molecule has 1 unspecified atom stereocenters. The highest BCUT2D eigenvalue weighted by atomic mass is 32.2. The van der Waals surface area contributed by atoms with Gasteiger partial charge in [0.25, 0.3) is 0 Å². The van der Waals surface area contributed by atoms with Gasteiger partial charge in [-0.1, -0.05) is 61.5 Å².